The SMILES string of the molecule is CCC(CNC(=NC)NCc1cc(C(C)C)no1)Oc1cccc(F)c1. The third kappa shape index (κ3) is 6.06. The first-order valence-corrected chi connectivity index (χ1v) is 8.84. The molecule has 7 heteroatoms. The van der Waals surface area contributed by atoms with Crippen LogP contribution in [0, 0.1) is 5.82 Å². The number of ether oxygens (including phenoxy) is 1. The monoisotopic (exact) mass is 362 g/mol. The van der Waals surface area contributed by atoms with Crippen LogP contribution in [0.25, 0.3) is 0 Å². The maximum absolute atomic E-state index is 13.3. The van der Waals surface area contributed by atoms with Crippen LogP contribution in [0.5, 0.6) is 5.75 Å². The number of hydrogen-bond donors (Lipinski definition) is 2. The Kier molecular flexibility index (Phi) is 7.44. The van der Waals surface area contributed by atoms with Crippen molar-refractivity contribution in [1.82, 2.24) is 15.8 Å². The number of guanidine groups is 1. The molecule has 0 spiro atoms. The fourth-order valence-electron chi connectivity index (χ4n) is 2.29. The van der Waals surface area contributed by atoms with Gasteiger partial charge >= 0.3 is 0 Å². The summed E-state index contributed by atoms with van der Waals surface area (Å²) in [6.07, 6.45) is 0.675. The van der Waals surface area contributed by atoms with Gasteiger partial charge in [0.15, 0.2) is 11.7 Å². The highest BCUT2D eigenvalue weighted by Gasteiger charge is 2.11. The maximum Gasteiger partial charge on any atom is 0.191 e. The zero-order valence-corrected chi connectivity index (χ0v) is 15.8. The van der Waals surface area contributed by atoms with Gasteiger partial charge in [-0.05, 0) is 24.5 Å². The minimum Gasteiger partial charge on any atom is -0.489 e. The van der Waals surface area contributed by atoms with Crippen molar-refractivity contribution in [1.29, 1.82) is 0 Å². The zero-order valence-electron chi connectivity index (χ0n) is 15.8. The molecule has 0 amide bonds. The van der Waals surface area contributed by atoms with Gasteiger partial charge in [-0.2, -0.15) is 0 Å². The second kappa shape index (κ2) is 9.79. The van der Waals surface area contributed by atoms with E-state index in [0.29, 0.717) is 30.7 Å². The predicted octanol–water partition coefficient (Wildman–Crippen LogP) is 3.46. The van der Waals surface area contributed by atoms with Crippen LogP contribution in [-0.2, 0) is 6.54 Å². The van der Waals surface area contributed by atoms with Crippen molar-refractivity contribution in [2.75, 3.05) is 13.6 Å². The van der Waals surface area contributed by atoms with E-state index in [1.807, 2.05) is 13.0 Å². The normalized spacial score (nSPS) is 12.9. The number of hydrogen-bond acceptors (Lipinski definition) is 4. The van der Waals surface area contributed by atoms with Crippen LogP contribution in [0.3, 0.4) is 0 Å². The highest BCUT2D eigenvalue weighted by atomic mass is 19.1. The molecule has 0 fully saturated rings. The summed E-state index contributed by atoms with van der Waals surface area (Å²) in [6.45, 7) is 7.18. The number of rotatable bonds is 8. The molecule has 2 N–H and O–H groups in total. The molecule has 0 bridgehead atoms. The first-order valence-electron chi connectivity index (χ1n) is 8.84. The van der Waals surface area contributed by atoms with Gasteiger partial charge in [0.05, 0.1) is 18.8 Å². The minimum atomic E-state index is -0.310. The van der Waals surface area contributed by atoms with Gasteiger partial charge in [0.1, 0.15) is 17.7 Å². The summed E-state index contributed by atoms with van der Waals surface area (Å²) in [7, 11) is 1.70. The van der Waals surface area contributed by atoms with Gasteiger partial charge in [-0.15, -0.1) is 0 Å². The molecule has 1 unspecified atom stereocenters. The highest BCUT2D eigenvalue weighted by Crippen LogP contribution is 2.15. The van der Waals surface area contributed by atoms with Gasteiger partial charge in [-0.25, -0.2) is 4.39 Å². The molecule has 2 rings (SSSR count). The van der Waals surface area contributed by atoms with E-state index in [4.69, 9.17) is 9.26 Å². The molecule has 0 aliphatic rings. The van der Waals surface area contributed by atoms with Gasteiger partial charge in [-0.3, -0.25) is 4.99 Å². The quantitative estimate of drug-likeness (QED) is 0.556. The molecule has 6 nitrogen and oxygen atoms in total. The Balaban J connectivity index is 1.82. The molecule has 142 valence electrons. The number of nitrogens with zero attached hydrogens (tertiary/aromatic N) is 2. The molecule has 0 aliphatic heterocycles. The Bertz CT molecular complexity index is 715. The van der Waals surface area contributed by atoms with Gasteiger partial charge in [0.25, 0.3) is 0 Å². The number of aromatic nitrogens is 1. The summed E-state index contributed by atoms with van der Waals surface area (Å²) >= 11 is 0. The molecular weight excluding hydrogens is 335 g/mol. The Hall–Kier alpha value is -2.57. The van der Waals surface area contributed by atoms with Gasteiger partial charge < -0.3 is 19.9 Å². The average molecular weight is 362 g/mol. The Morgan fingerprint density at radius 1 is 1.31 bits per heavy atom. The average Bonchev–Trinajstić information content (AvgIpc) is 3.10. The van der Waals surface area contributed by atoms with Crippen molar-refractivity contribution in [3.05, 3.63) is 47.6 Å². The lowest BCUT2D eigenvalue weighted by Gasteiger charge is -2.19. The van der Waals surface area contributed by atoms with E-state index in [-0.39, 0.29) is 11.9 Å². The maximum atomic E-state index is 13.3. The van der Waals surface area contributed by atoms with E-state index in [0.717, 1.165) is 17.9 Å². The number of halogens is 1. The lowest BCUT2D eigenvalue weighted by molar-refractivity contribution is 0.198. The molecular formula is C19H27FN4O2. The van der Waals surface area contributed by atoms with E-state index in [1.54, 1.807) is 19.2 Å². The molecule has 1 aromatic heterocycles. The molecule has 1 aromatic carbocycles. The molecule has 0 aliphatic carbocycles. The van der Waals surface area contributed by atoms with Crippen LogP contribution in [-0.4, -0.2) is 30.8 Å². The number of benzene rings is 1. The third-order valence-corrected chi connectivity index (χ3v) is 3.87. The van der Waals surface area contributed by atoms with Crippen molar-refractivity contribution in [3.8, 4) is 5.75 Å². The molecule has 0 saturated heterocycles. The van der Waals surface area contributed by atoms with E-state index in [2.05, 4.69) is 34.6 Å². The number of nitrogens with one attached hydrogen (secondary N) is 2. The Morgan fingerprint density at radius 2 is 2.12 bits per heavy atom. The third-order valence-electron chi connectivity index (χ3n) is 3.87. The summed E-state index contributed by atoms with van der Waals surface area (Å²) in [5.74, 6) is 1.92. The van der Waals surface area contributed by atoms with Crippen LogP contribution in [0.1, 0.15) is 44.6 Å². The van der Waals surface area contributed by atoms with Crippen molar-refractivity contribution < 1.29 is 13.7 Å². The number of aliphatic imine (C=N–C) groups is 1. The van der Waals surface area contributed by atoms with Crippen molar-refractivity contribution in [3.63, 3.8) is 0 Å². The van der Waals surface area contributed by atoms with E-state index in [1.165, 1.54) is 12.1 Å². The van der Waals surface area contributed by atoms with E-state index >= 15 is 0 Å². The lowest BCUT2D eigenvalue weighted by Crippen LogP contribution is -2.42. The van der Waals surface area contributed by atoms with Crippen LogP contribution in [0.4, 0.5) is 4.39 Å². The predicted molar refractivity (Wildman–Crippen MR) is 99.9 cm³/mol. The van der Waals surface area contributed by atoms with Crippen LogP contribution in [0.2, 0.25) is 0 Å². The van der Waals surface area contributed by atoms with Crippen LogP contribution >= 0.6 is 0 Å². The van der Waals surface area contributed by atoms with Gasteiger partial charge in [0, 0.05) is 19.2 Å². The minimum absolute atomic E-state index is 0.104. The standard InChI is InChI=1S/C19H27FN4O2/c1-5-15(25-16-8-6-7-14(20)9-16)11-22-19(21-4)23-12-17-10-18(13(2)3)24-26-17/h6-10,13,15H,5,11-12H2,1-4H3,(H2,21,22,23). The zero-order chi connectivity index (χ0) is 18.9. The molecule has 0 radical (unpaired) electrons. The smallest absolute Gasteiger partial charge is 0.191 e. The van der Waals surface area contributed by atoms with E-state index in [9.17, 15) is 4.39 Å². The fourth-order valence-corrected chi connectivity index (χ4v) is 2.29. The van der Waals surface area contributed by atoms with Gasteiger partial charge in [-0.1, -0.05) is 32.0 Å². The first-order chi connectivity index (χ1) is 12.5. The second-order valence-electron chi connectivity index (χ2n) is 6.28. The summed E-state index contributed by atoms with van der Waals surface area (Å²) in [6, 6.07) is 8.09. The largest absolute Gasteiger partial charge is 0.489 e. The molecule has 0 saturated carbocycles. The second-order valence-corrected chi connectivity index (χ2v) is 6.28. The molecule has 1 atom stereocenters. The lowest BCUT2D eigenvalue weighted by atomic mass is 10.1. The topological polar surface area (TPSA) is 71.7 Å². The van der Waals surface area contributed by atoms with Crippen LogP contribution < -0.4 is 15.4 Å². The Morgan fingerprint density at radius 3 is 2.73 bits per heavy atom. The summed E-state index contributed by atoms with van der Waals surface area (Å²) in [5.41, 5.74) is 0.930. The fraction of sp³-hybridized carbons (Fsp3) is 0.474. The van der Waals surface area contributed by atoms with Gasteiger partial charge in [0.2, 0.25) is 0 Å². The Labute approximate surface area is 153 Å². The summed E-state index contributed by atoms with van der Waals surface area (Å²) in [4.78, 5) is 4.19. The van der Waals surface area contributed by atoms with Crippen molar-refractivity contribution >= 4 is 5.96 Å². The highest BCUT2D eigenvalue weighted by molar-refractivity contribution is 5.79. The first kappa shape index (κ1) is 19.8. The molecule has 2 aromatic rings. The van der Waals surface area contributed by atoms with Crippen LogP contribution in [0.15, 0.2) is 39.8 Å². The van der Waals surface area contributed by atoms with Crippen molar-refractivity contribution in [2.45, 2.75) is 45.8 Å². The molecule has 1 heterocycles. The van der Waals surface area contributed by atoms with Crippen molar-refractivity contribution in [2.24, 2.45) is 4.99 Å². The summed E-state index contributed by atoms with van der Waals surface area (Å²) in [5, 5.41) is 10.4. The van der Waals surface area contributed by atoms with E-state index < -0.39 is 0 Å². The molecule has 26 heavy (non-hydrogen) atoms. The summed E-state index contributed by atoms with van der Waals surface area (Å²) < 4.78 is 24.4.